The minimum Gasteiger partial charge on any atom is -0.337 e. The molecule has 0 radical (unpaired) electrons. The summed E-state index contributed by atoms with van der Waals surface area (Å²) < 4.78 is 3.42. The first-order valence-corrected chi connectivity index (χ1v) is 11.3. The van der Waals surface area contributed by atoms with Gasteiger partial charge in [0.2, 0.25) is 0 Å². The quantitative estimate of drug-likeness (QED) is 0.305. The van der Waals surface area contributed by atoms with Crippen molar-refractivity contribution in [2.75, 3.05) is 10.6 Å². The van der Waals surface area contributed by atoms with Crippen molar-refractivity contribution in [1.82, 2.24) is 19.3 Å². The van der Waals surface area contributed by atoms with Gasteiger partial charge in [-0.1, -0.05) is 53.5 Å². The molecule has 0 spiro atoms. The Labute approximate surface area is 205 Å². The van der Waals surface area contributed by atoms with Crippen LogP contribution in [0.25, 0.3) is 16.7 Å². The van der Waals surface area contributed by atoms with Gasteiger partial charge in [0, 0.05) is 12.7 Å². The number of para-hydroxylation sites is 3. The van der Waals surface area contributed by atoms with Gasteiger partial charge in [-0.3, -0.25) is 9.48 Å². The summed E-state index contributed by atoms with van der Waals surface area (Å²) in [4.78, 5) is 22.9. The topological polar surface area (TPSA) is 76.8 Å². The van der Waals surface area contributed by atoms with Gasteiger partial charge in [-0.15, -0.1) is 0 Å². The summed E-state index contributed by atoms with van der Waals surface area (Å²) in [7, 11) is 1.84. The lowest BCUT2D eigenvalue weighted by molar-refractivity contribution is 0.630. The molecule has 5 aromatic rings. The van der Waals surface area contributed by atoms with Gasteiger partial charge in [0.05, 0.1) is 32.5 Å². The average Bonchev–Trinajstić information content (AvgIpc) is 3.05. The standard InChI is InChI=1S/C25H20Cl2N6O/c1-15-22(25(34)33(32(15)2)17-8-4-3-5-9-17)31-24-23(28-16-12-13-18(26)19(27)14-16)29-20-10-6-7-11-21(20)30-24/h3-14H,1-2H3,(H,28,29)(H,30,31). The highest BCUT2D eigenvalue weighted by molar-refractivity contribution is 6.42. The van der Waals surface area contributed by atoms with E-state index >= 15 is 0 Å². The molecule has 0 aliphatic heterocycles. The van der Waals surface area contributed by atoms with Crippen LogP contribution in [0.5, 0.6) is 0 Å². The predicted octanol–water partition coefficient (Wildman–Crippen LogP) is 6.22. The number of benzene rings is 3. The Hall–Kier alpha value is -3.81. The van der Waals surface area contributed by atoms with Gasteiger partial charge in [-0.2, -0.15) is 0 Å². The number of halogens is 2. The molecule has 0 fully saturated rings. The van der Waals surface area contributed by atoms with Crippen molar-refractivity contribution >= 4 is 57.2 Å². The fourth-order valence-electron chi connectivity index (χ4n) is 3.72. The molecular weight excluding hydrogens is 471 g/mol. The summed E-state index contributed by atoms with van der Waals surface area (Å²) in [5, 5.41) is 7.35. The van der Waals surface area contributed by atoms with E-state index in [0.29, 0.717) is 44.1 Å². The maximum Gasteiger partial charge on any atom is 0.295 e. The number of aromatic nitrogens is 4. The summed E-state index contributed by atoms with van der Waals surface area (Å²) in [6.45, 7) is 1.88. The van der Waals surface area contributed by atoms with Crippen molar-refractivity contribution in [3.63, 3.8) is 0 Å². The van der Waals surface area contributed by atoms with E-state index in [4.69, 9.17) is 33.2 Å². The predicted molar refractivity (Wildman–Crippen MR) is 138 cm³/mol. The molecule has 2 heterocycles. The molecule has 0 atom stereocenters. The van der Waals surface area contributed by atoms with Crippen molar-refractivity contribution in [2.24, 2.45) is 7.05 Å². The van der Waals surface area contributed by atoms with Gasteiger partial charge >= 0.3 is 0 Å². The molecule has 0 aliphatic rings. The van der Waals surface area contributed by atoms with Crippen LogP contribution in [0.1, 0.15) is 5.69 Å². The maximum absolute atomic E-state index is 13.4. The molecular formula is C25H20Cl2N6O. The third-order valence-corrected chi connectivity index (χ3v) is 6.29. The normalized spacial score (nSPS) is 11.1. The van der Waals surface area contributed by atoms with E-state index in [1.165, 1.54) is 0 Å². The smallest absolute Gasteiger partial charge is 0.295 e. The zero-order valence-corrected chi connectivity index (χ0v) is 19.9. The molecule has 0 amide bonds. The van der Waals surface area contributed by atoms with Crippen LogP contribution in [0.2, 0.25) is 10.0 Å². The number of anilines is 4. The van der Waals surface area contributed by atoms with Gasteiger partial charge in [-0.25, -0.2) is 14.6 Å². The highest BCUT2D eigenvalue weighted by Crippen LogP contribution is 2.31. The minimum atomic E-state index is -0.193. The summed E-state index contributed by atoms with van der Waals surface area (Å²) >= 11 is 12.3. The number of nitrogens with one attached hydrogen (secondary N) is 2. The lowest BCUT2D eigenvalue weighted by Crippen LogP contribution is -2.20. The van der Waals surface area contributed by atoms with Gasteiger partial charge in [0.1, 0.15) is 5.69 Å². The van der Waals surface area contributed by atoms with Crippen LogP contribution in [0.3, 0.4) is 0 Å². The largest absolute Gasteiger partial charge is 0.337 e. The second-order valence-electron chi connectivity index (χ2n) is 7.72. The molecule has 34 heavy (non-hydrogen) atoms. The monoisotopic (exact) mass is 490 g/mol. The highest BCUT2D eigenvalue weighted by Gasteiger charge is 2.19. The molecule has 0 saturated carbocycles. The number of fused-ring (bicyclic) bond motifs is 1. The summed E-state index contributed by atoms with van der Waals surface area (Å²) in [6.07, 6.45) is 0. The first kappa shape index (κ1) is 22.0. The molecule has 9 heteroatoms. The van der Waals surface area contributed by atoms with E-state index in [9.17, 15) is 4.79 Å². The third kappa shape index (κ3) is 4.00. The molecule has 2 N–H and O–H groups in total. The second-order valence-corrected chi connectivity index (χ2v) is 8.54. The molecule has 170 valence electrons. The Morgan fingerprint density at radius 2 is 1.41 bits per heavy atom. The van der Waals surface area contributed by atoms with Gasteiger partial charge in [-0.05, 0) is 49.4 Å². The third-order valence-electron chi connectivity index (χ3n) is 5.55. The Morgan fingerprint density at radius 3 is 2.06 bits per heavy atom. The Morgan fingerprint density at radius 1 is 0.794 bits per heavy atom. The van der Waals surface area contributed by atoms with Crippen LogP contribution in [-0.4, -0.2) is 19.3 Å². The first-order chi connectivity index (χ1) is 16.4. The Bertz CT molecular complexity index is 1580. The average molecular weight is 491 g/mol. The minimum absolute atomic E-state index is 0.193. The fourth-order valence-corrected chi connectivity index (χ4v) is 4.01. The van der Waals surface area contributed by atoms with Crippen LogP contribution >= 0.6 is 23.2 Å². The second kappa shape index (κ2) is 8.85. The van der Waals surface area contributed by atoms with Crippen molar-refractivity contribution in [1.29, 1.82) is 0 Å². The van der Waals surface area contributed by atoms with E-state index in [-0.39, 0.29) is 5.56 Å². The fraction of sp³-hybridized carbons (Fsp3) is 0.0800. The Balaban J connectivity index is 1.62. The van der Waals surface area contributed by atoms with Crippen molar-refractivity contribution in [2.45, 2.75) is 6.92 Å². The van der Waals surface area contributed by atoms with E-state index in [0.717, 1.165) is 11.4 Å². The number of nitrogens with zero attached hydrogens (tertiary/aromatic N) is 4. The first-order valence-electron chi connectivity index (χ1n) is 10.5. The number of hydrogen-bond acceptors (Lipinski definition) is 5. The van der Waals surface area contributed by atoms with E-state index in [1.807, 2.05) is 68.6 Å². The van der Waals surface area contributed by atoms with Gasteiger partial charge in [0.25, 0.3) is 5.56 Å². The zero-order valence-electron chi connectivity index (χ0n) is 18.4. The molecule has 5 rings (SSSR count). The zero-order chi connectivity index (χ0) is 23.8. The van der Waals surface area contributed by atoms with Crippen LogP contribution < -0.4 is 16.2 Å². The SMILES string of the molecule is Cc1c(Nc2nc3ccccc3nc2Nc2ccc(Cl)c(Cl)c2)c(=O)n(-c2ccccc2)n1C. The summed E-state index contributed by atoms with van der Waals surface area (Å²) in [5.41, 5.74) is 3.83. The maximum atomic E-state index is 13.4. The summed E-state index contributed by atoms with van der Waals surface area (Å²) in [5.74, 6) is 0.863. The lowest BCUT2D eigenvalue weighted by Gasteiger charge is -2.13. The molecule has 0 aliphatic carbocycles. The molecule has 0 bridgehead atoms. The van der Waals surface area contributed by atoms with Gasteiger partial charge < -0.3 is 10.6 Å². The van der Waals surface area contributed by atoms with Crippen LogP contribution in [0.4, 0.5) is 23.0 Å². The van der Waals surface area contributed by atoms with E-state index in [1.54, 1.807) is 27.6 Å². The summed E-state index contributed by atoms with van der Waals surface area (Å²) in [6, 6.07) is 22.2. The molecule has 2 aromatic heterocycles. The van der Waals surface area contributed by atoms with Gasteiger partial charge in [0.15, 0.2) is 11.6 Å². The molecule has 0 saturated heterocycles. The van der Waals surface area contributed by atoms with Crippen molar-refractivity contribution < 1.29 is 0 Å². The molecule has 0 unspecified atom stereocenters. The molecule has 7 nitrogen and oxygen atoms in total. The van der Waals surface area contributed by atoms with E-state index in [2.05, 4.69) is 10.6 Å². The Kier molecular flexibility index (Phi) is 5.73. The van der Waals surface area contributed by atoms with Crippen molar-refractivity contribution in [3.05, 3.63) is 98.9 Å². The number of hydrogen-bond donors (Lipinski definition) is 2. The molecule has 3 aromatic carbocycles. The van der Waals surface area contributed by atoms with Crippen LogP contribution in [0.15, 0.2) is 77.6 Å². The number of rotatable bonds is 5. The van der Waals surface area contributed by atoms with E-state index < -0.39 is 0 Å². The van der Waals surface area contributed by atoms with Crippen LogP contribution in [-0.2, 0) is 7.05 Å². The van der Waals surface area contributed by atoms with Crippen LogP contribution in [0, 0.1) is 6.92 Å². The highest BCUT2D eigenvalue weighted by atomic mass is 35.5. The van der Waals surface area contributed by atoms with Crippen molar-refractivity contribution in [3.8, 4) is 5.69 Å². The lowest BCUT2D eigenvalue weighted by atomic mass is 10.3.